The van der Waals surface area contributed by atoms with Crippen LogP contribution in [0, 0.1) is 0 Å². The number of benzene rings is 2. The molecule has 0 radical (unpaired) electrons. The molecule has 0 atom stereocenters. The molecule has 1 aliphatic carbocycles. The van der Waals surface area contributed by atoms with Gasteiger partial charge in [-0.15, -0.1) is 0 Å². The minimum Gasteiger partial charge on any atom is -0.478 e. The Morgan fingerprint density at radius 3 is 2.31 bits per heavy atom. The predicted molar refractivity (Wildman–Crippen MR) is 144 cm³/mol. The first kappa shape index (κ1) is 22.7. The topological polar surface area (TPSA) is 80.8 Å². The van der Waals surface area contributed by atoms with Crippen molar-refractivity contribution in [1.82, 2.24) is 0 Å². The second-order valence-electron chi connectivity index (χ2n) is 10.5. The largest absolute Gasteiger partial charge is 0.478 e. The van der Waals surface area contributed by atoms with Crippen LogP contribution in [0.1, 0.15) is 44.7 Å². The molecule has 6 nitrogen and oxygen atoms in total. The lowest BCUT2D eigenvalue weighted by Gasteiger charge is -2.40. The number of allylic oxidation sites excluding steroid dienone is 5. The first-order valence-corrected chi connectivity index (χ1v) is 15.5. The lowest BCUT2D eigenvalue weighted by atomic mass is 9.86. The first-order valence-electron chi connectivity index (χ1n) is 12.5. The van der Waals surface area contributed by atoms with Crippen LogP contribution in [0.5, 0.6) is 0 Å². The number of fused-ring (bicyclic) bond motifs is 2. The highest BCUT2D eigenvalue weighted by Gasteiger charge is 2.41. The SMILES string of the molecule is C[Si]1(C)C2=CC(=[N+]3CCC3)C=CC2=C(c2cc(C(=O)O)ccc2C(=O)O)c2ccc(N3CCC3)cc21. The van der Waals surface area contributed by atoms with Crippen LogP contribution in [-0.2, 0) is 0 Å². The van der Waals surface area contributed by atoms with Gasteiger partial charge in [-0.05, 0) is 75.5 Å². The fourth-order valence-electron chi connectivity index (χ4n) is 5.73. The van der Waals surface area contributed by atoms with Crippen molar-refractivity contribution in [2.75, 3.05) is 31.1 Å². The summed E-state index contributed by atoms with van der Waals surface area (Å²) in [5, 5.41) is 22.3. The van der Waals surface area contributed by atoms with Crippen molar-refractivity contribution in [1.29, 1.82) is 0 Å². The minimum atomic E-state index is -2.16. The monoisotopic (exact) mass is 497 g/mol. The summed E-state index contributed by atoms with van der Waals surface area (Å²) in [6.07, 6.45) is 8.95. The second-order valence-corrected chi connectivity index (χ2v) is 14.8. The van der Waals surface area contributed by atoms with Gasteiger partial charge in [0, 0.05) is 30.9 Å². The van der Waals surface area contributed by atoms with Crippen molar-refractivity contribution < 1.29 is 24.4 Å². The van der Waals surface area contributed by atoms with Crippen molar-refractivity contribution >= 4 is 42.2 Å². The third-order valence-electron chi connectivity index (χ3n) is 8.10. The van der Waals surface area contributed by atoms with Crippen LogP contribution in [0.2, 0.25) is 13.1 Å². The Bertz CT molecular complexity index is 1470. The Morgan fingerprint density at radius 1 is 0.917 bits per heavy atom. The van der Waals surface area contributed by atoms with Crippen LogP contribution in [0.3, 0.4) is 0 Å². The molecular formula is C29H29N2O4Si+. The second kappa shape index (κ2) is 8.16. The number of carboxylic acid groups (broad SMARTS) is 2. The third kappa shape index (κ3) is 3.41. The van der Waals surface area contributed by atoms with Crippen molar-refractivity contribution in [3.8, 4) is 0 Å². The summed E-state index contributed by atoms with van der Waals surface area (Å²) in [5.41, 5.74) is 5.94. The Labute approximate surface area is 211 Å². The van der Waals surface area contributed by atoms with Gasteiger partial charge in [-0.2, -0.15) is 0 Å². The number of rotatable bonds is 4. The molecule has 2 fully saturated rings. The van der Waals surface area contributed by atoms with Crippen LogP contribution < -0.4 is 10.1 Å². The zero-order chi connectivity index (χ0) is 25.2. The van der Waals surface area contributed by atoms with E-state index in [0.29, 0.717) is 5.56 Å². The Balaban J connectivity index is 1.67. The summed E-state index contributed by atoms with van der Waals surface area (Å²) in [7, 11) is -2.16. The first-order chi connectivity index (χ1) is 17.3. The number of carboxylic acids is 2. The molecule has 2 N–H and O–H groups in total. The maximum Gasteiger partial charge on any atom is 0.336 e. The van der Waals surface area contributed by atoms with E-state index < -0.39 is 20.0 Å². The van der Waals surface area contributed by atoms with Crippen molar-refractivity contribution in [3.63, 3.8) is 0 Å². The van der Waals surface area contributed by atoms with E-state index in [9.17, 15) is 19.8 Å². The predicted octanol–water partition coefficient (Wildman–Crippen LogP) is 3.92. The van der Waals surface area contributed by atoms with Crippen molar-refractivity contribution in [3.05, 3.63) is 87.6 Å². The highest BCUT2D eigenvalue weighted by molar-refractivity contribution is 6.98. The van der Waals surface area contributed by atoms with Gasteiger partial charge in [0.1, 0.15) is 21.2 Å². The van der Waals surface area contributed by atoms with Crippen molar-refractivity contribution in [2.24, 2.45) is 0 Å². The van der Waals surface area contributed by atoms with E-state index in [0.717, 1.165) is 42.9 Å². The minimum absolute atomic E-state index is 0.0853. The van der Waals surface area contributed by atoms with E-state index in [1.165, 1.54) is 52.8 Å². The highest BCUT2D eigenvalue weighted by Crippen LogP contribution is 2.43. The van der Waals surface area contributed by atoms with Crippen molar-refractivity contribution in [2.45, 2.75) is 25.9 Å². The molecule has 3 aliphatic heterocycles. The summed E-state index contributed by atoms with van der Waals surface area (Å²) >= 11 is 0. The quantitative estimate of drug-likeness (QED) is 0.495. The van der Waals surface area contributed by atoms with Gasteiger partial charge in [0.25, 0.3) is 0 Å². The smallest absolute Gasteiger partial charge is 0.336 e. The molecule has 0 spiro atoms. The standard InChI is InChI=1S/C29H28N2O4Si/c1-36(2)25-16-19(30-11-3-12-30)6-9-22(25)27(23-10-7-20(17-26(23)36)31-13-4-14-31)24-15-18(28(32)33)5-8-21(24)29(34)35/h5-10,15-17H,3-4,11-14H2,1-2H3,(H-,32,33,34,35)/p+1. The molecule has 2 saturated heterocycles. The number of carbonyl (C=O) groups is 2. The van der Waals surface area contributed by atoms with Crippen LogP contribution in [0.15, 0.2) is 65.4 Å². The molecule has 0 saturated carbocycles. The van der Waals surface area contributed by atoms with Crippen LogP contribution in [0.25, 0.3) is 5.57 Å². The van der Waals surface area contributed by atoms with E-state index in [-0.39, 0.29) is 11.1 Å². The zero-order valence-corrected chi connectivity index (χ0v) is 21.5. The van der Waals surface area contributed by atoms with Gasteiger partial charge in [0.2, 0.25) is 0 Å². The maximum absolute atomic E-state index is 12.3. The summed E-state index contributed by atoms with van der Waals surface area (Å²) in [6, 6.07) is 10.9. The normalized spacial score (nSPS) is 19.7. The molecule has 3 heterocycles. The van der Waals surface area contributed by atoms with E-state index in [2.05, 4.69) is 59.0 Å². The van der Waals surface area contributed by atoms with E-state index in [1.54, 1.807) is 0 Å². The Morgan fingerprint density at radius 2 is 1.69 bits per heavy atom. The molecule has 6 rings (SSSR count). The molecule has 4 aliphatic rings. The molecule has 36 heavy (non-hydrogen) atoms. The summed E-state index contributed by atoms with van der Waals surface area (Å²) in [4.78, 5) is 26.6. The molecule has 0 aromatic heterocycles. The summed E-state index contributed by atoms with van der Waals surface area (Å²) in [5.74, 6) is -2.13. The number of nitrogens with zero attached hydrogens (tertiary/aromatic N) is 2. The van der Waals surface area contributed by atoms with Gasteiger partial charge in [-0.25, -0.2) is 14.2 Å². The Hall–Kier alpha value is -3.71. The zero-order valence-electron chi connectivity index (χ0n) is 20.5. The van der Waals surface area contributed by atoms with Gasteiger partial charge in [0.05, 0.1) is 17.5 Å². The molecule has 182 valence electrons. The number of anilines is 1. The third-order valence-corrected chi connectivity index (χ3v) is 11.6. The molecule has 7 heteroatoms. The van der Waals surface area contributed by atoms with E-state index in [4.69, 9.17) is 0 Å². The highest BCUT2D eigenvalue weighted by atomic mass is 28.3. The lowest BCUT2D eigenvalue weighted by molar-refractivity contribution is -0.582. The molecule has 0 amide bonds. The van der Waals surface area contributed by atoms with E-state index >= 15 is 0 Å². The van der Waals surface area contributed by atoms with Gasteiger partial charge in [-0.1, -0.05) is 19.2 Å². The maximum atomic E-state index is 12.3. The molecule has 0 unspecified atom stereocenters. The van der Waals surface area contributed by atoms with Crippen LogP contribution in [-0.4, -0.2) is 66.7 Å². The average molecular weight is 498 g/mol. The van der Waals surface area contributed by atoms with Gasteiger partial charge in [0.15, 0.2) is 5.71 Å². The van der Waals surface area contributed by atoms with E-state index in [1.807, 2.05) is 0 Å². The summed E-state index contributed by atoms with van der Waals surface area (Å²) in [6.45, 7) is 8.95. The van der Waals surface area contributed by atoms with Crippen LogP contribution in [0.4, 0.5) is 5.69 Å². The van der Waals surface area contributed by atoms with Gasteiger partial charge >= 0.3 is 11.9 Å². The summed E-state index contributed by atoms with van der Waals surface area (Å²) < 4.78 is 2.38. The van der Waals surface area contributed by atoms with Gasteiger partial charge in [-0.3, -0.25) is 0 Å². The fraction of sp³-hybridized carbons (Fsp3) is 0.276. The number of aromatic carboxylic acids is 2. The van der Waals surface area contributed by atoms with Crippen LogP contribution >= 0.6 is 0 Å². The lowest BCUT2D eigenvalue weighted by Crippen LogP contribution is -2.50. The molecule has 2 aromatic rings. The molecular weight excluding hydrogens is 468 g/mol. The number of hydrogen-bond donors (Lipinski definition) is 2. The average Bonchev–Trinajstić information content (AvgIpc) is 2.77. The fourth-order valence-corrected chi connectivity index (χ4v) is 8.80. The number of hydrogen-bond acceptors (Lipinski definition) is 3. The van der Waals surface area contributed by atoms with Gasteiger partial charge < -0.3 is 15.1 Å². The molecule has 0 bridgehead atoms. The molecule has 2 aromatic carbocycles. The Kier molecular flexibility index (Phi) is 5.16.